The molecular weight excluding hydrogens is 226 g/mol. The lowest BCUT2D eigenvalue weighted by atomic mass is 10.1. The van der Waals surface area contributed by atoms with E-state index in [0.717, 1.165) is 18.7 Å². The third-order valence-electron chi connectivity index (χ3n) is 2.90. The fourth-order valence-electron chi connectivity index (χ4n) is 1.83. The lowest BCUT2D eigenvalue weighted by Crippen LogP contribution is -2.29. The second kappa shape index (κ2) is 6.33. The first kappa shape index (κ1) is 12.8. The van der Waals surface area contributed by atoms with E-state index in [-0.39, 0.29) is 6.61 Å². The molecule has 0 aliphatic rings. The van der Waals surface area contributed by atoms with Gasteiger partial charge in [0.05, 0.1) is 12.9 Å². The molecule has 1 unspecified atom stereocenters. The molecule has 2 aromatic rings. The molecule has 0 fully saturated rings. The highest BCUT2D eigenvalue weighted by Crippen LogP contribution is 2.04. The van der Waals surface area contributed by atoms with Gasteiger partial charge in [-0.3, -0.25) is 0 Å². The maximum absolute atomic E-state index is 8.97. The molecule has 0 saturated heterocycles. The predicted octanol–water partition coefficient (Wildman–Crippen LogP) is 1.55. The molecule has 4 heteroatoms. The topological polar surface area (TPSA) is 50.1 Å². The highest BCUT2D eigenvalue weighted by atomic mass is 16.3. The van der Waals surface area contributed by atoms with Crippen LogP contribution in [-0.4, -0.2) is 20.7 Å². The van der Waals surface area contributed by atoms with Crippen LogP contribution in [0.5, 0.6) is 0 Å². The Balaban J connectivity index is 1.79. The summed E-state index contributed by atoms with van der Waals surface area (Å²) in [7, 11) is 0. The monoisotopic (exact) mass is 245 g/mol. The molecule has 2 N–H and O–H groups in total. The number of aliphatic hydroxyl groups excluding tert-OH is 1. The molecule has 1 aromatic carbocycles. The second-order valence-electron chi connectivity index (χ2n) is 4.52. The van der Waals surface area contributed by atoms with Crippen molar-refractivity contribution < 1.29 is 5.11 Å². The van der Waals surface area contributed by atoms with Gasteiger partial charge in [0.2, 0.25) is 0 Å². The lowest BCUT2D eigenvalue weighted by molar-refractivity contribution is 0.282. The van der Waals surface area contributed by atoms with Crippen molar-refractivity contribution in [3.8, 4) is 0 Å². The third kappa shape index (κ3) is 3.68. The number of nitrogens with one attached hydrogen (secondary N) is 1. The maximum atomic E-state index is 8.97. The summed E-state index contributed by atoms with van der Waals surface area (Å²) in [6, 6.07) is 8.39. The first-order chi connectivity index (χ1) is 8.78. The largest absolute Gasteiger partial charge is 0.392 e. The van der Waals surface area contributed by atoms with Gasteiger partial charge in [0, 0.05) is 31.5 Å². The highest BCUT2D eigenvalue weighted by Gasteiger charge is 2.02. The first-order valence-corrected chi connectivity index (χ1v) is 6.15. The number of benzene rings is 1. The van der Waals surface area contributed by atoms with Crippen molar-refractivity contribution in [1.29, 1.82) is 0 Å². The lowest BCUT2D eigenvalue weighted by Gasteiger charge is -2.14. The van der Waals surface area contributed by atoms with Gasteiger partial charge in [-0.2, -0.15) is 0 Å². The zero-order chi connectivity index (χ0) is 12.8. The maximum Gasteiger partial charge on any atom is 0.0946 e. The van der Waals surface area contributed by atoms with Crippen molar-refractivity contribution in [2.45, 2.75) is 32.7 Å². The SMILES string of the molecule is CC(Cn1ccnc1)NCc1ccc(CO)cc1. The van der Waals surface area contributed by atoms with Gasteiger partial charge in [0.1, 0.15) is 0 Å². The normalized spacial score (nSPS) is 12.6. The standard InChI is InChI=1S/C14H19N3O/c1-12(9-17-7-6-15-11-17)16-8-13-2-4-14(10-18)5-3-13/h2-7,11-12,16,18H,8-10H2,1H3. The summed E-state index contributed by atoms with van der Waals surface area (Å²) < 4.78 is 2.06. The van der Waals surface area contributed by atoms with Crippen LogP contribution in [0.3, 0.4) is 0 Å². The minimum absolute atomic E-state index is 0.102. The van der Waals surface area contributed by atoms with Gasteiger partial charge in [-0.25, -0.2) is 4.98 Å². The van der Waals surface area contributed by atoms with Crippen LogP contribution in [-0.2, 0) is 19.7 Å². The molecule has 0 bridgehead atoms. The molecule has 1 atom stereocenters. The molecule has 2 rings (SSSR count). The number of hydrogen-bond donors (Lipinski definition) is 2. The summed E-state index contributed by atoms with van der Waals surface area (Å²) in [5, 5.41) is 12.4. The van der Waals surface area contributed by atoms with Crippen LogP contribution in [0.4, 0.5) is 0 Å². The van der Waals surface area contributed by atoms with E-state index < -0.39 is 0 Å². The smallest absolute Gasteiger partial charge is 0.0946 e. The molecule has 1 aromatic heterocycles. The third-order valence-corrected chi connectivity index (χ3v) is 2.90. The van der Waals surface area contributed by atoms with Crippen LogP contribution in [0, 0.1) is 0 Å². The van der Waals surface area contributed by atoms with E-state index in [4.69, 9.17) is 5.11 Å². The average Bonchev–Trinajstić information content (AvgIpc) is 2.90. The molecule has 96 valence electrons. The van der Waals surface area contributed by atoms with Gasteiger partial charge in [0.25, 0.3) is 0 Å². The Morgan fingerprint density at radius 3 is 2.61 bits per heavy atom. The minimum atomic E-state index is 0.102. The summed E-state index contributed by atoms with van der Waals surface area (Å²) in [5.74, 6) is 0. The van der Waals surface area contributed by atoms with E-state index in [9.17, 15) is 0 Å². The van der Waals surface area contributed by atoms with Gasteiger partial charge in [0.15, 0.2) is 0 Å². The van der Waals surface area contributed by atoms with Gasteiger partial charge >= 0.3 is 0 Å². The van der Waals surface area contributed by atoms with Crippen LogP contribution in [0.2, 0.25) is 0 Å². The van der Waals surface area contributed by atoms with Crippen LogP contribution >= 0.6 is 0 Å². The highest BCUT2D eigenvalue weighted by molar-refractivity contribution is 5.21. The van der Waals surface area contributed by atoms with Crippen molar-refractivity contribution >= 4 is 0 Å². The number of rotatable bonds is 6. The van der Waals surface area contributed by atoms with Gasteiger partial charge in [-0.1, -0.05) is 24.3 Å². The van der Waals surface area contributed by atoms with Crippen LogP contribution in [0.25, 0.3) is 0 Å². The fourth-order valence-corrected chi connectivity index (χ4v) is 1.83. The Bertz CT molecular complexity index is 450. The van der Waals surface area contributed by atoms with Crippen molar-refractivity contribution in [2.24, 2.45) is 0 Å². The number of imidazole rings is 1. The molecular formula is C14H19N3O. The molecule has 0 radical (unpaired) electrons. The van der Waals surface area contributed by atoms with E-state index in [1.165, 1.54) is 5.56 Å². The number of aromatic nitrogens is 2. The van der Waals surface area contributed by atoms with Gasteiger partial charge in [-0.15, -0.1) is 0 Å². The number of aliphatic hydroxyl groups is 1. The summed E-state index contributed by atoms with van der Waals surface area (Å²) in [5.41, 5.74) is 2.18. The second-order valence-corrected chi connectivity index (χ2v) is 4.52. The minimum Gasteiger partial charge on any atom is -0.392 e. The van der Waals surface area contributed by atoms with Crippen molar-refractivity contribution in [2.75, 3.05) is 0 Å². The predicted molar refractivity (Wildman–Crippen MR) is 70.9 cm³/mol. The summed E-state index contributed by atoms with van der Waals surface area (Å²) in [6.07, 6.45) is 5.59. The Kier molecular flexibility index (Phi) is 4.50. The first-order valence-electron chi connectivity index (χ1n) is 6.15. The van der Waals surface area contributed by atoms with E-state index in [2.05, 4.69) is 21.8 Å². The van der Waals surface area contributed by atoms with Crippen molar-refractivity contribution in [3.05, 3.63) is 54.1 Å². The Morgan fingerprint density at radius 2 is 2.00 bits per heavy atom. The van der Waals surface area contributed by atoms with Crippen molar-refractivity contribution in [1.82, 2.24) is 14.9 Å². The molecule has 1 heterocycles. The van der Waals surface area contributed by atoms with Crippen LogP contribution in [0.1, 0.15) is 18.1 Å². The van der Waals surface area contributed by atoms with E-state index in [0.29, 0.717) is 6.04 Å². The zero-order valence-corrected chi connectivity index (χ0v) is 10.6. The summed E-state index contributed by atoms with van der Waals surface area (Å²) >= 11 is 0. The van der Waals surface area contributed by atoms with Crippen molar-refractivity contribution in [3.63, 3.8) is 0 Å². The van der Waals surface area contributed by atoms with E-state index in [1.54, 1.807) is 6.20 Å². The molecule has 18 heavy (non-hydrogen) atoms. The summed E-state index contributed by atoms with van der Waals surface area (Å²) in [6.45, 7) is 4.00. The fraction of sp³-hybridized carbons (Fsp3) is 0.357. The molecule has 0 spiro atoms. The molecule has 0 aliphatic carbocycles. The molecule has 0 amide bonds. The average molecular weight is 245 g/mol. The Labute approximate surface area is 107 Å². The van der Waals surface area contributed by atoms with Gasteiger partial charge in [-0.05, 0) is 18.1 Å². The molecule has 0 aliphatic heterocycles. The number of hydrogen-bond acceptors (Lipinski definition) is 3. The zero-order valence-electron chi connectivity index (χ0n) is 10.6. The quantitative estimate of drug-likeness (QED) is 0.812. The van der Waals surface area contributed by atoms with E-state index >= 15 is 0 Å². The van der Waals surface area contributed by atoms with Gasteiger partial charge < -0.3 is 15.0 Å². The molecule has 0 saturated carbocycles. The summed E-state index contributed by atoms with van der Waals surface area (Å²) in [4.78, 5) is 4.02. The van der Waals surface area contributed by atoms with Crippen LogP contribution < -0.4 is 5.32 Å². The molecule has 4 nitrogen and oxygen atoms in total. The Morgan fingerprint density at radius 1 is 1.28 bits per heavy atom. The van der Waals surface area contributed by atoms with Crippen LogP contribution in [0.15, 0.2) is 43.0 Å². The Hall–Kier alpha value is -1.65. The number of nitrogens with zero attached hydrogens (tertiary/aromatic N) is 2. The van der Waals surface area contributed by atoms with E-state index in [1.807, 2.05) is 36.8 Å².